The molecular formula is C10H6Cl2FN3. The molecule has 1 N–H and O–H groups in total. The van der Waals surface area contributed by atoms with E-state index < -0.39 is 5.82 Å². The second kappa shape index (κ2) is 4.63. The summed E-state index contributed by atoms with van der Waals surface area (Å²) in [4.78, 5) is 0. The van der Waals surface area contributed by atoms with Crippen LogP contribution in [0.5, 0.6) is 0 Å². The van der Waals surface area contributed by atoms with Gasteiger partial charge in [-0.05, 0) is 24.3 Å². The lowest BCUT2D eigenvalue weighted by Gasteiger charge is -2.07. The highest BCUT2D eigenvalue weighted by Gasteiger charge is 2.07. The molecule has 0 unspecified atom stereocenters. The van der Waals surface area contributed by atoms with Crippen LogP contribution in [0.15, 0.2) is 30.3 Å². The predicted molar refractivity (Wildman–Crippen MR) is 61.7 cm³/mol. The molecule has 1 aromatic heterocycles. The average molecular weight is 258 g/mol. The Balaban J connectivity index is 2.30. The molecule has 1 heterocycles. The summed E-state index contributed by atoms with van der Waals surface area (Å²) in [5.74, 6) is -0.0827. The van der Waals surface area contributed by atoms with E-state index in [2.05, 4.69) is 15.5 Å². The van der Waals surface area contributed by atoms with Crippen molar-refractivity contribution in [3.05, 3.63) is 46.3 Å². The molecule has 16 heavy (non-hydrogen) atoms. The standard InChI is InChI=1S/C10H6Cl2FN3/c11-6-2-1-3-7(13)10(6)14-9-5-4-8(12)15-16-9/h1-5H,(H,14,16). The molecule has 2 rings (SSSR count). The number of anilines is 2. The molecule has 0 aliphatic rings. The van der Waals surface area contributed by atoms with Crippen LogP contribution in [0.25, 0.3) is 0 Å². The molecule has 0 aliphatic carbocycles. The largest absolute Gasteiger partial charge is 0.335 e. The van der Waals surface area contributed by atoms with Gasteiger partial charge >= 0.3 is 0 Å². The lowest BCUT2D eigenvalue weighted by atomic mass is 10.3. The number of halogens is 3. The van der Waals surface area contributed by atoms with Gasteiger partial charge in [0.1, 0.15) is 5.82 Å². The van der Waals surface area contributed by atoms with Gasteiger partial charge in [0.15, 0.2) is 11.0 Å². The number of nitrogens with zero attached hydrogens (tertiary/aromatic N) is 2. The number of nitrogens with one attached hydrogen (secondary N) is 1. The Morgan fingerprint density at radius 2 is 1.88 bits per heavy atom. The summed E-state index contributed by atoms with van der Waals surface area (Å²) in [7, 11) is 0. The Bertz CT molecular complexity index is 482. The fraction of sp³-hybridized carbons (Fsp3) is 0. The maximum absolute atomic E-state index is 13.4. The zero-order valence-electron chi connectivity index (χ0n) is 7.92. The third-order valence-electron chi connectivity index (χ3n) is 1.85. The van der Waals surface area contributed by atoms with Crippen LogP contribution in [-0.4, -0.2) is 10.2 Å². The van der Waals surface area contributed by atoms with Gasteiger partial charge in [-0.15, -0.1) is 10.2 Å². The van der Waals surface area contributed by atoms with E-state index in [0.29, 0.717) is 5.82 Å². The van der Waals surface area contributed by atoms with Crippen LogP contribution in [0.3, 0.4) is 0 Å². The minimum Gasteiger partial charge on any atom is -0.335 e. The summed E-state index contributed by atoms with van der Waals surface area (Å²) in [6, 6.07) is 7.54. The van der Waals surface area contributed by atoms with Crippen LogP contribution < -0.4 is 5.32 Å². The van der Waals surface area contributed by atoms with E-state index in [0.717, 1.165) is 0 Å². The van der Waals surface area contributed by atoms with Crippen LogP contribution in [-0.2, 0) is 0 Å². The topological polar surface area (TPSA) is 37.8 Å². The van der Waals surface area contributed by atoms with Crippen molar-refractivity contribution in [1.82, 2.24) is 10.2 Å². The first-order valence-corrected chi connectivity index (χ1v) is 5.12. The third kappa shape index (κ3) is 2.40. The molecule has 0 saturated heterocycles. The molecule has 0 bridgehead atoms. The van der Waals surface area contributed by atoms with E-state index in [1.54, 1.807) is 18.2 Å². The second-order valence-corrected chi connectivity index (χ2v) is 3.76. The first-order valence-electron chi connectivity index (χ1n) is 4.37. The molecule has 82 valence electrons. The van der Waals surface area contributed by atoms with Crippen molar-refractivity contribution < 1.29 is 4.39 Å². The van der Waals surface area contributed by atoms with Crippen molar-refractivity contribution in [3.63, 3.8) is 0 Å². The molecule has 0 fully saturated rings. The minimum absolute atomic E-state index is 0.167. The van der Waals surface area contributed by atoms with Crippen molar-refractivity contribution in [2.45, 2.75) is 0 Å². The molecule has 0 radical (unpaired) electrons. The van der Waals surface area contributed by atoms with Gasteiger partial charge < -0.3 is 5.32 Å². The van der Waals surface area contributed by atoms with Crippen LogP contribution in [0.4, 0.5) is 15.9 Å². The van der Waals surface area contributed by atoms with Gasteiger partial charge in [0.05, 0.1) is 10.7 Å². The fourth-order valence-corrected chi connectivity index (χ4v) is 1.44. The smallest absolute Gasteiger partial charge is 0.153 e. The van der Waals surface area contributed by atoms with E-state index in [1.165, 1.54) is 12.1 Å². The molecule has 2 aromatic rings. The normalized spacial score (nSPS) is 10.2. The average Bonchev–Trinajstić information content (AvgIpc) is 2.26. The number of aromatic nitrogens is 2. The summed E-state index contributed by atoms with van der Waals surface area (Å²) < 4.78 is 13.4. The number of para-hydroxylation sites is 1. The Morgan fingerprint density at radius 3 is 2.50 bits per heavy atom. The molecule has 1 aromatic carbocycles. The lowest BCUT2D eigenvalue weighted by molar-refractivity contribution is 0.632. The van der Waals surface area contributed by atoms with Gasteiger partial charge in [-0.25, -0.2) is 4.39 Å². The SMILES string of the molecule is Fc1cccc(Cl)c1Nc1ccc(Cl)nn1. The van der Waals surface area contributed by atoms with Gasteiger partial charge in [0.25, 0.3) is 0 Å². The van der Waals surface area contributed by atoms with Crippen LogP contribution in [0.2, 0.25) is 10.2 Å². The zero-order valence-corrected chi connectivity index (χ0v) is 9.43. The van der Waals surface area contributed by atoms with Crippen LogP contribution in [0, 0.1) is 5.82 Å². The van der Waals surface area contributed by atoms with E-state index in [-0.39, 0.29) is 15.9 Å². The number of rotatable bonds is 2. The number of hydrogen-bond acceptors (Lipinski definition) is 3. The van der Waals surface area contributed by atoms with Crippen LogP contribution >= 0.6 is 23.2 Å². The number of hydrogen-bond donors (Lipinski definition) is 1. The Kier molecular flexibility index (Phi) is 3.22. The fourth-order valence-electron chi connectivity index (χ4n) is 1.13. The molecule has 0 spiro atoms. The first-order chi connectivity index (χ1) is 7.66. The Hall–Kier alpha value is -1.39. The summed E-state index contributed by atoms with van der Waals surface area (Å²) in [5.41, 5.74) is 0.167. The van der Waals surface area contributed by atoms with Crippen molar-refractivity contribution in [2.75, 3.05) is 5.32 Å². The monoisotopic (exact) mass is 257 g/mol. The lowest BCUT2D eigenvalue weighted by Crippen LogP contribution is -1.98. The molecule has 0 amide bonds. The first kappa shape index (κ1) is 11.1. The third-order valence-corrected chi connectivity index (χ3v) is 2.36. The highest BCUT2D eigenvalue weighted by Crippen LogP contribution is 2.27. The van der Waals surface area contributed by atoms with E-state index in [4.69, 9.17) is 23.2 Å². The molecule has 0 saturated carbocycles. The second-order valence-electron chi connectivity index (χ2n) is 2.96. The summed E-state index contributed by atoms with van der Waals surface area (Å²) in [6.45, 7) is 0. The Morgan fingerprint density at radius 1 is 1.06 bits per heavy atom. The zero-order chi connectivity index (χ0) is 11.5. The van der Waals surface area contributed by atoms with Crippen molar-refractivity contribution >= 4 is 34.7 Å². The van der Waals surface area contributed by atoms with Crippen molar-refractivity contribution in [2.24, 2.45) is 0 Å². The molecule has 0 aliphatic heterocycles. The van der Waals surface area contributed by atoms with E-state index in [1.807, 2.05) is 0 Å². The van der Waals surface area contributed by atoms with E-state index in [9.17, 15) is 4.39 Å². The van der Waals surface area contributed by atoms with Crippen LogP contribution in [0.1, 0.15) is 0 Å². The highest BCUT2D eigenvalue weighted by atomic mass is 35.5. The quantitative estimate of drug-likeness (QED) is 0.893. The maximum Gasteiger partial charge on any atom is 0.153 e. The maximum atomic E-state index is 13.4. The van der Waals surface area contributed by atoms with Gasteiger partial charge in [-0.3, -0.25) is 0 Å². The van der Waals surface area contributed by atoms with Gasteiger partial charge in [0, 0.05) is 0 Å². The molecule has 0 atom stereocenters. The van der Waals surface area contributed by atoms with Gasteiger partial charge in [-0.1, -0.05) is 29.3 Å². The van der Waals surface area contributed by atoms with Crippen molar-refractivity contribution in [3.8, 4) is 0 Å². The summed E-state index contributed by atoms with van der Waals surface area (Å²) in [6.07, 6.45) is 0. The van der Waals surface area contributed by atoms with Crippen molar-refractivity contribution in [1.29, 1.82) is 0 Å². The van der Waals surface area contributed by atoms with Gasteiger partial charge in [0.2, 0.25) is 0 Å². The Labute approximate surface area is 101 Å². The number of benzene rings is 1. The summed E-state index contributed by atoms with van der Waals surface area (Å²) in [5, 5.41) is 10.6. The molecular weight excluding hydrogens is 252 g/mol. The summed E-state index contributed by atoms with van der Waals surface area (Å²) >= 11 is 11.4. The predicted octanol–water partition coefficient (Wildman–Crippen LogP) is 3.67. The molecule has 6 heteroatoms. The van der Waals surface area contributed by atoms with E-state index >= 15 is 0 Å². The minimum atomic E-state index is -0.454. The molecule has 3 nitrogen and oxygen atoms in total. The highest BCUT2D eigenvalue weighted by molar-refractivity contribution is 6.33. The van der Waals surface area contributed by atoms with Gasteiger partial charge in [-0.2, -0.15) is 0 Å².